The lowest BCUT2D eigenvalue weighted by molar-refractivity contribution is 0.137. The lowest BCUT2D eigenvalue weighted by Gasteiger charge is -2.44. The highest BCUT2D eigenvalue weighted by atomic mass is 35.5. The van der Waals surface area contributed by atoms with Crippen LogP contribution in [-0.2, 0) is 12.0 Å². The molecule has 3 heteroatoms. The largest absolute Gasteiger partial charge is 0.322 e. The van der Waals surface area contributed by atoms with Gasteiger partial charge in [-0.15, -0.1) is 11.6 Å². The first-order valence-electron chi connectivity index (χ1n) is 7.24. The van der Waals surface area contributed by atoms with E-state index in [-0.39, 0.29) is 0 Å². The van der Waals surface area contributed by atoms with Crippen molar-refractivity contribution in [2.75, 3.05) is 5.88 Å². The van der Waals surface area contributed by atoms with Crippen LogP contribution in [-0.4, -0.2) is 15.4 Å². The number of imidazole rings is 1. The first-order chi connectivity index (χ1) is 9.20. The molecule has 0 unspecified atom stereocenters. The fraction of sp³-hybridized carbons (Fsp3) is 0.562. The second kappa shape index (κ2) is 4.82. The summed E-state index contributed by atoms with van der Waals surface area (Å²) in [6.07, 6.45) is 5.93. The Hall–Kier alpha value is -1.02. The van der Waals surface area contributed by atoms with Gasteiger partial charge < -0.3 is 4.57 Å². The smallest absolute Gasteiger partial charge is 0.111 e. The summed E-state index contributed by atoms with van der Waals surface area (Å²) < 4.78 is 2.49. The Morgan fingerprint density at radius 2 is 2.16 bits per heavy atom. The molecule has 102 valence electrons. The maximum atomic E-state index is 5.97. The van der Waals surface area contributed by atoms with Gasteiger partial charge in [-0.05, 0) is 50.3 Å². The van der Waals surface area contributed by atoms with Crippen molar-refractivity contribution in [2.24, 2.45) is 0 Å². The Kier molecular flexibility index (Phi) is 3.30. The zero-order valence-electron chi connectivity index (χ0n) is 11.7. The molecule has 2 nitrogen and oxygen atoms in total. The predicted octanol–water partition coefficient (Wildman–Crippen LogP) is 4.42. The van der Waals surface area contributed by atoms with Crippen molar-refractivity contribution in [1.29, 1.82) is 0 Å². The molecule has 1 heterocycles. The molecular formula is C16H21ClN2. The van der Waals surface area contributed by atoms with Gasteiger partial charge in [0.05, 0.1) is 11.0 Å². The number of benzene rings is 1. The second-order valence-corrected chi connectivity index (χ2v) is 6.10. The van der Waals surface area contributed by atoms with Crippen molar-refractivity contribution in [3.63, 3.8) is 0 Å². The summed E-state index contributed by atoms with van der Waals surface area (Å²) in [6, 6.07) is 6.60. The topological polar surface area (TPSA) is 17.8 Å². The van der Waals surface area contributed by atoms with Gasteiger partial charge in [-0.3, -0.25) is 0 Å². The normalized spacial score (nSPS) is 17.6. The molecule has 0 atom stereocenters. The van der Waals surface area contributed by atoms with Crippen LogP contribution >= 0.6 is 11.6 Å². The van der Waals surface area contributed by atoms with Crippen LogP contribution in [0.5, 0.6) is 0 Å². The maximum Gasteiger partial charge on any atom is 0.111 e. The summed E-state index contributed by atoms with van der Waals surface area (Å²) in [7, 11) is 0. The third-order valence-corrected chi connectivity index (χ3v) is 4.80. The Labute approximate surface area is 119 Å². The summed E-state index contributed by atoms with van der Waals surface area (Å²) in [6.45, 7) is 4.42. The number of alkyl halides is 1. The van der Waals surface area contributed by atoms with E-state index in [1.54, 1.807) is 0 Å². The van der Waals surface area contributed by atoms with Gasteiger partial charge >= 0.3 is 0 Å². The summed E-state index contributed by atoms with van der Waals surface area (Å²) >= 11 is 5.97. The van der Waals surface area contributed by atoms with E-state index in [1.807, 2.05) is 0 Å². The Morgan fingerprint density at radius 3 is 2.74 bits per heavy atom. The van der Waals surface area contributed by atoms with E-state index in [4.69, 9.17) is 16.6 Å². The van der Waals surface area contributed by atoms with Gasteiger partial charge in [-0.2, -0.15) is 0 Å². The standard InChI is InChI=1S/C16H21ClN2/c1-3-16(8-4-9-16)19-14-6-5-12(2)11-13(14)18-15(19)7-10-17/h5-6,11H,3-4,7-10H2,1-2H3. The van der Waals surface area contributed by atoms with Gasteiger partial charge in [0.25, 0.3) is 0 Å². The van der Waals surface area contributed by atoms with E-state index in [2.05, 4.69) is 36.6 Å². The van der Waals surface area contributed by atoms with Gasteiger partial charge in [0.2, 0.25) is 0 Å². The van der Waals surface area contributed by atoms with Crippen molar-refractivity contribution >= 4 is 22.6 Å². The second-order valence-electron chi connectivity index (χ2n) is 5.73. The van der Waals surface area contributed by atoms with Crippen LogP contribution in [0.4, 0.5) is 0 Å². The van der Waals surface area contributed by atoms with Crippen molar-refractivity contribution < 1.29 is 0 Å². The van der Waals surface area contributed by atoms with E-state index < -0.39 is 0 Å². The lowest BCUT2D eigenvalue weighted by atomic mass is 9.74. The number of nitrogens with zero attached hydrogens (tertiary/aromatic N) is 2. The first kappa shape index (κ1) is 13.0. The highest BCUT2D eigenvalue weighted by molar-refractivity contribution is 6.17. The number of hydrogen-bond acceptors (Lipinski definition) is 1. The molecule has 0 spiro atoms. The number of aromatic nitrogens is 2. The first-order valence-corrected chi connectivity index (χ1v) is 7.78. The predicted molar refractivity (Wildman–Crippen MR) is 81.0 cm³/mol. The van der Waals surface area contributed by atoms with Crippen LogP contribution < -0.4 is 0 Å². The molecule has 0 saturated heterocycles. The van der Waals surface area contributed by atoms with Crippen LogP contribution in [0.2, 0.25) is 0 Å². The Balaban J connectivity index is 2.21. The van der Waals surface area contributed by atoms with E-state index in [9.17, 15) is 0 Å². The third-order valence-electron chi connectivity index (χ3n) is 4.61. The summed E-state index contributed by atoms with van der Waals surface area (Å²) in [5.41, 5.74) is 3.98. The molecule has 1 aliphatic carbocycles. The maximum absolute atomic E-state index is 5.97. The summed E-state index contributed by atoms with van der Waals surface area (Å²) in [5.74, 6) is 1.80. The molecule has 2 aromatic rings. The number of fused-ring (bicyclic) bond motifs is 1. The van der Waals surface area contributed by atoms with E-state index in [0.717, 1.165) is 17.8 Å². The van der Waals surface area contributed by atoms with Crippen LogP contribution in [0.15, 0.2) is 18.2 Å². The lowest BCUT2D eigenvalue weighted by Crippen LogP contribution is -2.41. The SMILES string of the molecule is CCC1(n2c(CCCl)nc3cc(C)ccc32)CCC1. The minimum Gasteiger partial charge on any atom is -0.322 e. The zero-order chi connectivity index (χ0) is 13.5. The zero-order valence-corrected chi connectivity index (χ0v) is 12.5. The van der Waals surface area contributed by atoms with Crippen LogP contribution in [0.1, 0.15) is 44.0 Å². The fourth-order valence-electron chi connectivity index (χ4n) is 3.34. The van der Waals surface area contributed by atoms with Gasteiger partial charge in [0.1, 0.15) is 5.82 Å². The van der Waals surface area contributed by atoms with Crippen molar-refractivity contribution in [1.82, 2.24) is 9.55 Å². The molecule has 0 bridgehead atoms. The van der Waals surface area contributed by atoms with Gasteiger partial charge in [-0.1, -0.05) is 13.0 Å². The minimum atomic E-state index is 0.297. The molecule has 0 aliphatic heterocycles. The van der Waals surface area contributed by atoms with Crippen LogP contribution in [0.3, 0.4) is 0 Å². The minimum absolute atomic E-state index is 0.297. The molecular weight excluding hydrogens is 256 g/mol. The molecule has 1 aromatic carbocycles. The van der Waals surface area contributed by atoms with Crippen molar-refractivity contribution in [3.8, 4) is 0 Å². The number of halogens is 1. The van der Waals surface area contributed by atoms with E-state index >= 15 is 0 Å². The van der Waals surface area contributed by atoms with Crippen molar-refractivity contribution in [3.05, 3.63) is 29.6 Å². The van der Waals surface area contributed by atoms with Gasteiger partial charge in [0, 0.05) is 17.8 Å². The van der Waals surface area contributed by atoms with Gasteiger partial charge in [0.15, 0.2) is 0 Å². The van der Waals surface area contributed by atoms with Crippen molar-refractivity contribution in [2.45, 2.75) is 51.5 Å². The van der Waals surface area contributed by atoms with Gasteiger partial charge in [-0.25, -0.2) is 4.98 Å². The molecule has 0 amide bonds. The highest BCUT2D eigenvalue weighted by Crippen LogP contribution is 2.44. The number of aryl methyl sites for hydroxylation is 2. The van der Waals surface area contributed by atoms with E-state index in [1.165, 1.54) is 36.8 Å². The number of hydrogen-bond donors (Lipinski definition) is 0. The Bertz CT molecular complexity index is 591. The molecule has 1 saturated carbocycles. The molecule has 1 fully saturated rings. The molecule has 0 radical (unpaired) electrons. The summed E-state index contributed by atoms with van der Waals surface area (Å²) in [4.78, 5) is 4.84. The van der Waals surface area contributed by atoms with Crippen LogP contribution in [0, 0.1) is 6.92 Å². The monoisotopic (exact) mass is 276 g/mol. The Morgan fingerprint density at radius 1 is 1.37 bits per heavy atom. The van der Waals surface area contributed by atoms with Crippen LogP contribution in [0.25, 0.3) is 11.0 Å². The summed E-state index contributed by atoms with van der Waals surface area (Å²) in [5, 5.41) is 0. The third kappa shape index (κ3) is 1.97. The molecule has 0 N–H and O–H groups in total. The van der Waals surface area contributed by atoms with E-state index in [0.29, 0.717) is 11.4 Å². The molecule has 3 rings (SSSR count). The average molecular weight is 277 g/mol. The molecule has 1 aliphatic rings. The fourth-order valence-corrected chi connectivity index (χ4v) is 3.51. The molecule has 1 aromatic heterocycles. The molecule has 19 heavy (non-hydrogen) atoms. The quantitative estimate of drug-likeness (QED) is 0.756. The number of rotatable bonds is 4. The average Bonchev–Trinajstić information content (AvgIpc) is 2.68. The highest BCUT2D eigenvalue weighted by Gasteiger charge is 2.39.